The molecule has 11 rings (SSSR count). The van der Waals surface area contributed by atoms with Gasteiger partial charge in [-0.05, 0) is 84.2 Å². The Hall–Kier alpha value is -7.66. The Morgan fingerprint density at radius 2 is 0.550 bits per heavy atom. The molecule has 0 unspecified atom stereocenters. The maximum Gasteiger partial charge on any atom is 0.0720 e. The van der Waals surface area contributed by atoms with Gasteiger partial charge in [0.05, 0.1) is 26.5 Å². The van der Waals surface area contributed by atoms with Gasteiger partial charge in [-0.1, -0.05) is 158 Å². The summed E-state index contributed by atoms with van der Waals surface area (Å²) in [6.07, 6.45) is 0. The summed E-state index contributed by atoms with van der Waals surface area (Å²) in [7, 11) is 0. The Morgan fingerprint density at radius 1 is 0.250 bits per heavy atom. The van der Waals surface area contributed by atoms with Gasteiger partial charge in [0.1, 0.15) is 0 Å². The first-order valence-corrected chi connectivity index (χ1v) is 21.2. The first kappa shape index (κ1) is 35.5. The second kappa shape index (κ2) is 15.3. The molecule has 0 aliphatic rings. The fourth-order valence-corrected chi connectivity index (χ4v) is 10.2. The molecule has 0 saturated carbocycles. The third-order valence-electron chi connectivity index (χ3n) is 11.3. The molecule has 0 saturated heterocycles. The highest BCUT2D eigenvalue weighted by Crippen LogP contribution is 2.58. The van der Waals surface area contributed by atoms with Crippen LogP contribution < -0.4 is 14.7 Å². The van der Waals surface area contributed by atoms with Crippen LogP contribution in [-0.2, 0) is 0 Å². The molecule has 60 heavy (non-hydrogen) atoms. The molecule has 0 fully saturated rings. The van der Waals surface area contributed by atoms with Crippen molar-refractivity contribution in [3.05, 3.63) is 237 Å². The lowest BCUT2D eigenvalue weighted by Crippen LogP contribution is -2.14. The van der Waals surface area contributed by atoms with Gasteiger partial charge in [0, 0.05) is 61.1 Å². The Bertz CT molecular complexity index is 3130. The average Bonchev–Trinajstić information content (AvgIpc) is 3.70. The number of benzene rings is 10. The molecule has 3 nitrogen and oxygen atoms in total. The predicted octanol–water partition coefficient (Wildman–Crippen LogP) is 16.8. The quantitative estimate of drug-likeness (QED) is 0.135. The molecule has 0 aliphatic carbocycles. The topological polar surface area (TPSA) is 9.72 Å². The van der Waals surface area contributed by atoms with E-state index < -0.39 is 0 Å². The van der Waals surface area contributed by atoms with Crippen molar-refractivity contribution >= 4 is 104 Å². The largest absolute Gasteiger partial charge is 0.309 e. The van der Waals surface area contributed by atoms with Gasteiger partial charge in [-0.3, -0.25) is 0 Å². The van der Waals surface area contributed by atoms with E-state index in [-0.39, 0.29) is 0 Å². The van der Waals surface area contributed by atoms with Crippen LogP contribution in [0.5, 0.6) is 0 Å². The van der Waals surface area contributed by atoms with E-state index in [1.54, 1.807) is 0 Å². The van der Waals surface area contributed by atoms with Crippen LogP contribution in [0, 0.1) is 0 Å². The zero-order chi connectivity index (χ0) is 39.8. The highest BCUT2D eigenvalue weighted by Gasteiger charge is 2.30. The molecule has 0 N–H and O–H groups in total. The van der Waals surface area contributed by atoms with Crippen LogP contribution in [0.4, 0.5) is 51.2 Å². The molecule has 0 radical (unpaired) electrons. The van der Waals surface area contributed by atoms with Crippen LogP contribution in [-0.4, -0.2) is 0 Å². The molecule has 10 aromatic carbocycles. The van der Waals surface area contributed by atoms with Crippen LogP contribution >= 0.6 is 11.3 Å². The minimum Gasteiger partial charge on any atom is -0.309 e. The first-order valence-electron chi connectivity index (χ1n) is 20.4. The Morgan fingerprint density at radius 3 is 0.950 bits per heavy atom. The van der Waals surface area contributed by atoms with Crippen LogP contribution in [0.2, 0.25) is 0 Å². The van der Waals surface area contributed by atoms with Crippen LogP contribution in [0.15, 0.2) is 237 Å². The van der Waals surface area contributed by atoms with E-state index in [0.29, 0.717) is 0 Å². The maximum atomic E-state index is 2.47. The smallest absolute Gasteiger partial charge is 0.0720 e. The maximum absolute atomic E-state index is 2.47. The van der Waals surface area contributed by atoms with Crippen molar-refractivity contribution in [2.24, 2.45) is 0 Å². The van der Waals surface area contributed by atoms with E-state index in [9.17, 15) is 0 Å². The molecule has 1 aromatic heterocycles. The van der Waals surface area contributed by atoms with Crippen molar-refractivity contribution in [2.75, 3.05) is 14.7 Å². The van der Waals surface area contributed by atoms with Gasteiger partial charge >= 0.3 is 0 Å². The van der Waals surface area contributed by atoms with Crippen molar-refractivity contribution in [3.8, 4) is 0 Å². The normalized spacial score (nSPS) is 11.3. The number of rotatable bonds is 9. The van der Waals surface area contributed by atoms with Gasteiger partial charge < -0.3 is 14.7 Å². The van der Waals surface area contributed by atoms with Crippen molar-refractivity contribution in [2.45, 2.75) is 0 Å². The van der Waals surface area contributed by atoms with E-state index in [1.807, 2.05) is 11.3 Å². The lowest BCUT2D eigenvalue weighted by Gasteiger charge is -2.32. The number of nitrogens with zero attached hydrogens (tertiary/aromatic N) is 3. The molecule has 284 valence electrons. The van der Waals surface area contributed by atoms with E-state index in [4.69, 9.17) is 0 Å². The number of para-hydroxylation sites is 6. The second-order valence-electron chi connectivity index (χ2n) is 14.9. The van der Waals surface area contributed by atoms with E-state index in [2.05, 4.69) is 251 Å². The highest BCUT2D eigenvalue weighted by molar-refractivity contribution is 7.27. The Kier molecular flexibility index (Phi) is 9.03. The van der Waals surface area contributed by atoms with Crippen molar-refractivity contribution in [1.29, 1.82) is 0 Å². The van der Waals surface area contributed by atoms with Crippen molar-refractivity contribution in [3.63, 3.8) is 0 Å². The van der Waals surface area contributed by atoms with Crippen molar-refractivity contribution < 1.29 is 0 Å². The SMILES string of the molecule is c1ccc(N(c2ccccc2)c2c3ccccc3cc3c2sc2c(N(c4ccccc4)c4ccccc4)c4ccccc4c(N(c4ccccc4)c4ccccc4)c23)cc1. The third-order valence-corrected chi connectivity index (χ3v) is 12.5. The number of anilines is 9. The Balaban J connectivity index is 1.39. The van der Waals surface area contributed by atoms with Crippen LogP contribution in [0.3, 0.4) is 0 Å². The summed E-state index contributed by atoms with van der Waals surface area (Å²) in [5.74, 6) is 0. The summed E-state index contributed by atoms with van der Waals surface area (Å²) in [5, 5.41) is 7.14. The lowest BCUT2D eigenvalue weighted by molar-refractivity contribution is 1.30. The minimum atomic E-state index is 1.10. The fraction of sp³-hybridized carbons (Fsp3) is 0. The summed E-state index contributed by atoms with van der Waals surface area (Å²) >= 11 is 1.89. The zero-order valence-corrected chi connectivity index (χ0v) is 33.6. The van der Waals surface area contributed by atoms with Gasteiger partial charge in [-0.2, -0.15) is 0 Å². The summed E-state index contributed by atoms with van der Waals surface area (Å²) in [5.41, 5.74) is 10.1. The standard InChI is InChI=1S/C56H39N3S/c1-7-24-41(25-8-1)57(42-26-9-2-10-27-42)52-48-37-21-22-38-49(48)54(59(45-32-15-5-16-33-45)46-34-17-6-18-35-46)56-51(52)50-39-40-23-19-20-36-47(40)53(55(50)60-56)58(43-28-11-3-12-29-43)44-30-13-4-14-31-44/h1-39H. The third kappa shape index (κ3) is 6.05. The molecule has 0 bridgehead atoms. The molecule has 0 aliphatic heterocycles. The van der Waals surface area contributed by atoms with Gasteiger partial charge in [-0.15, -0.1) is 11.3 Å². The van der Waals surface area contributed by atoms with Gasteiger partial charge in [0.25, 0.3) is 0 Å². The van der Waals surface area contributed by atoms with Crippen LogP contribution in [0.25, 0.3) is 41.7 Å². The molecule has 0 amide bonds. The average molecular weight is 786 g/mol. The molecule has 0 spiro atoms. The molecular formula is C56H39N3S. The number of thiophene rings is 1. The molecule has 11 aromatic rings. The number of hydrogen-bond acceptors (Lipinski definition) is 4. The predicted molar refractivity (Wildman–Crippen MR) is 258 cm³/mol. The van der Waals surface area contributed by atoms with Gasteiger partial charge in [-0.25, -0.2) is 0 Å². The summed E-state index contributed by atoms with van der Waals surface area (Å²) < 4.78 is 2.43. The van der Waals surface area contributed by atoms with E-state index in [1.165, 1.54) is 47.4 Å². The fourth-order valence-electron chi connectivity index (χ4n) is 8.79. The van der Waals surface area contributed by atoms with Crippen LogP contribution in [0.1, 0.15) is 0 Å². The monoisotopic (exact) mass is 785 g/mol. The number of fused-ring (bicyclic) bond motifs is 5. The van der Waals surface area contributed by atoms with Crippen molar-refractivity contribution in [1.82, 2.24) is 0 Å². The van der Waals surface area contributed by atoms with Gasteiger partial charge in [0.2, 0.25) is 0 Å². The first-order chi connectivity index (χ1) is 29.8. The zero-order valence-electron chi connectivity index (χ0n) is 32.8. The second-order valence-corrected chi connectivity index (χ2v) is 15.9. The van der Waals surface area contributed by atoms with Gasteiger partial charge in [0.15, 0.2) is 0 Å². The lowest BCUT2D eigenvalue weighted by atomic mass is 9.96. The summed E-state index contributed by atoms with van der Waals surface area (Å²) in [4.78, 5) is 7.39. The summed E-state index contributed by atoms with van der Waals surface area (Å²) in [6.45, 7) is 0. The molecule has 1 heterocycles. The summed E-state index contributed by atoms with van der Waals surface area (Å²) in [6, 6.07) is 85.2. The Labute approximate surface area is 353 Å². The highest BCUT2D eigenvalue weighted by atomic mass is 32.1. The van der Waals surface area contributed by atoms with E-state index in [0.717, 1.165) is 45.5 Å². The molecule has 0 atom stereocenters. The molecular weight excluding hydrogens is 747 g/mol. The minimum absolute atomic E-state index is 1.10. The molecule has 4 heteroatoms. The van der Waals surface area contributed by atoms with E-state index >= 15 is 0 Å². The number of hydrogen-bond donors (Lipinski definition) is 0.